The Balaban J connectivity index is 1.57. The summed E-state index contributed by atoms with van der Waals surface area (Å²) in [5, 5.41) is 3.50. The van der Waals surface area contributed by atoms with Crippen molar-refractivity contribution in [2.24, 2.45) is 5.92 Å². The smallest absolute Gasteiger partial charge is 0.0114 e. The summed E-state index contributed by atoms with van der Waals surface area (Å²) >= 11 is 0. The van der Waals surface area contributed by atoms with Crippen LogP contribution in [0.2, 0.25) is 0 Å². The summed E-state index contributed by atoms with van der Waals surface area (Å²) in [7, 11) is 4.42. The topological polar surface area (TPSA) is 18.5 Å². The van der Waals surface area contributed by atoms with Crippen LogP contribution in [0.4, 0.5) is 0 Å². The van der Waals surface area contributed by atoms with Crippen LogP contribution in [0.25, 0.3) is 0 Å². The fraction of sp³-hybridized carbons (Fsp3) is 1.00. The molecule has 0 aliphatic carbocycles. The van der Waals surface area contributed by atoms with E-state index in [2.05, 4.69) is 29.2 Å². The van der Waals surface area contributed by atoms with Crippen LogP contribution >= 0.6 is 0 Å². The van der Waals surface area contributed by atoms with Crippen molar-refractivity contribution in [1.82, 2.24) is 15.1 Å². The molecule has 3 atom stereocenters. The second kappa shape index (κ2) is 5.48. The SMILES string of the molecule is CNC1CC2CCC(C1)N2CC1CCCN(C)C1. The number of likely N-dealkylation sites (tertiary alicyclic amines) is 1. The van der Waals surface area contributed by atoms with Gasteiger partial charge in [-0.15, -0.1) is 0 Å². The maximum Gasteiger partial charge on any atom is 0.0114 e. The molecular weight excluding hydrogens is 222 g/mol. The first kappa shape index (κ1) is 12.9. The van der Waals surface area contributed by atoms with E-state index in [1.165, 1.54) is 58.2 Å². The highest BCUT2D eigenvalue weighted by Gasteiger charge is 2.40. The Morgan fingerprint density at radius 2 is 1.83 bits per heavy atom. The zero-order valence-electron chi connectivity index (χ0n) is 12.1. The van der Waals surface area contributed by atoms with Crippen molar-refractivity contribution in [2.45, 2.75) is 56.7 Å². The maximum atomic E-state index is 3.50. The van der Waals surface area contributed by atoms with Gasteiger partial charge in [-0.2, -0.15) is 0 Å². The van der Waals surface area contributed by atoms with Gasteiger partial charge in [0.25, 0.3) is 0 Å². The molecule has 0 aromatic carbocycles. The third-order valence-electron chi connectivity index (χ3n) is 5.48. The van der Waals surface area contributed by atoms with Gasteiger partial charge in [0.2, 0.25) is 0 Å². The average molecular weight is 251 g/mol. The van der Waals surface area contributed by atoms with Gasteiger partial charge in [0, 0.05) is 31.2 Å². The minimum Gasteiger partial charge on any atom is -0.317 e. The van der Waals surface area contributed by atoms with E-state index in [0.29, 0.717) is 0 Å². The number of nitrogens with zero attached hydrogens (tertiary/aromatic N) is 2. The van der Waals surface area contributed by atoms with Gasteiger partial charge in [-0.1, -0.05) is 0 Å². The van der Waals surface area contributed by atoms with E-state index in [0.717, 1.165) is 24.0 Å². The summed E-state index contributed by atoms with van der Waals surface area (Å²) in [6.45, 7) is 4.01. The number of piperidine rings is 2. The quantitative estimate of drug-likeness (QED) is 0.821. The van der Waals surface area contributed by atoms with Crippen LogP contribution in [0.5, 0.6) is 0 Å². The maximum absolute atomic E-state index is 3.50. The first-order valence-corrected chi connectivity index (χ1v) is 7.88. The summed E-state index contributed by atoms with van der Waals surface area (Å²) in [6, 6.07) is 2.55. The number of nitrogens with one attached hydrogen (secondary N) is 1. The second-order valence-corrected chi connectivity index (χ2v) is 6.81. The summed E-state index contributed by atoms with van der Waals surface area (Å²) in [6.07, 6.45) is 8.53. The molecule has 18 heavy (non-hydrogen) atoms. The summed E-state index contributed by atoms with van der Waals surface area (Å²) in [4.78, 5) is 5.40. The predicted molar refractivity (Wildman–Crippen MR) is 75.8 cm³/mol. The summed E-state index contributed by atoms with van der Waals surface area (Å²) in [5.41, 5.74) is 0. The fourth-order valence-electron chi connectivity index (χ4n) is 4.53. The highest BCUT2D eigenvalue weighted by atomic mass is 15.2. The third kappa shape index (κ3) is 2.59. The lowest BCUT2D eigenvalue weighted by molar-refractivity contribution is 0.0773. The lowest BCUT2D eigenvalue weighted by atomic mass is 9.93. The zero-order valence-corrected chi connectivity index (χ0v) is 12.1. The number of rotatable bonds is 3. The average Bonchev–Trinajstić information content (AvgIpc) is 2.62. The Kier molecular flexibility index (Phi) is 3.92. The molecule has 3 nitrogen and oxygen atoms in total. The molecule has 104 valence electrons. The van der Waals surface area contributed by atoms with Crippen LogP contribution in [0, 0.1) is 5.92 Å². The molecule has 2 bridgehead atoms. The molecule has 3 unspecified atom stereocenters. The minimum atomic E-state index is 0.785. The number of fused-ring (bicyclic) bond motifs is 2. The highest BCUT2D eigenvalue weighted by molar-refractivity contribution is 4.98. The molecule has 0 saturated carbocycles. The normalized spacial score (nSPS) is 42.3. The van der Waals surface area contributed by atoms with Crippen molar-refractivity contribution in [1.29, 1.82) is 0 Å². The van der Waals surface area contributed by atoms with E-state index >= 15 is 0 Å². The zero-order chi connectivity index (χ0) is 12.5. The lowest BCUT2D eigenvalue weighted by Gasteiger charge is -2.42. The molecule has 0 amide bonds. The summed E-state index contributed by atoms with van der Waals surface area (Å²) < 4.78 is 0. The van der Waals surface area contributed by atoms with Gasteiger partial charge in [-0.05, 0) is 65.1 Å². The van der Waals surface area contributed by atoms with Gasteiger partial charge in [-0.25, -0.2) is 0 Å². The Labute approximate surface area is 112 Å². The highest BCUT2D eigenvalue weighted by Crippen LogP contribution is 2.36. The Morgan fingerprint density at radius 3 is 2.44 bits per heavy atom. The molecule has 3 aliphatic rings. The van der Waals surface area contributed by atoms with E-state index < -0.39 is 0 Å². The van der Waals surface area contributed by atoms with Crippen LogP contribution in [-0.2, 0) is 0 Å². The van der Waals surface area contributed by atoms with Crippen molar-refractivity contribution in [3.63, 3.8) is 0 Å². The molecule has 3 rings (SSSR count). The van der Waals surface area contributed by atoms with Crippen LogP contribution in [0.15, 0.2) is 0 Å². The molecule has 0 aromatic heterocycles. The van der Waals surface area contributed by atoms with Crippen LogP contribution in [-0.4, -0.2) is 61.7 Å². The monoisotopic (exact) mass is 251 g/mol. The van der Waals surface area contributed by atoms with Crippen LogP contribution in [0.3, 0.4) is 0 Å². The van der Waals surface area contributed by atoms with Crippen molar-refractivity contribution in [3.05, 3.63) is 0 Å². The minimum absolute atomic E-state index is 0.785. The van der Waals surface area contributed by atoms with Crippen LogP contribution in [0.1, 0.15) is 38.5 Å². The Morgan fingerprint density at radius 1 is 1.11 bits per heavy atom. The van der Waals surface area contributed by atoms with Gasteiger partial charge in [-0.3, -0.25) is 4.90 Å². The molecule has 3 saturated heterocycles. The summed E-state index contributed by atoms with van der Waals surface area (Å²) in [5.74, 6) is 0.929. The van der Waals surface area contributed by atoms with Gasteiger partial charge < -0.3 is 10.2 Å². The van der Waals surface area contributed by atoms with Gasteiger partial charge >= 0.3 is 0 Å². The van der Waals surface area contributed by atoms with Crippen molar-refractivity contribution in [2.75, 3.05) is 33.7 Å². The van der Waals surface area contributed by atoms with Crippen molar-refractivity contribution in [3.8, 4) is 0 Å². The second-order valence-electron chi connectivity index (χ2n) is 6.81. The van der Waals surface area contributed by atoms with E-state index in [9.17, 15) is 0 Å². The molecule has 3 fully saturated rings. The first-order valence-electron chi connectivity index (χ1n) is 7.88. The molecule has 3 heterocycles. The Bertz CT molecular complexity index is 267. The van der Waals surface area contributed by atoms with Gasteiger partial charge in [0.1, 0.15) is 0 Å². The molecule has 3 heteroatoms. The van der Waals surface area contributed by atoms with Crippen molar-refractivity contribution < 1.29 is 0 Å². The molecule has 1 N–H and O–H groups in total. The Hall–Kier alpha value is -0.120. The van der Waals surface area contributed by atoms with E-state index in [-0.39, 0.29) is 0 Å². The third-order valence-corrected chi connectivity index (χ3v) is 5.48. The lowest BCUT2D eigenvalue weighted by Crippen LogP contribution is -2.51. The number of hydrogen-bond donors (Lipinski definition) is 1. The number of hydrogen-bond acceptors (Lipinski definition) is 3. The molecule has 3 aliphatic heterocycles. The van der Waals surface area contributed by atoms with Gasteiger partial charge in [0.05, 0.1) is 0 Å². The first-order chi connectivity index (χ1) is 8.76. The molecular formula is C15H29N3. The van der Waals surface area contributed by atoms with E-state index in [1.807, 2.05) is 0 Å². The fourth-order valence-corrected chi connectivity index (χ4v) is 4.53. The van der Waals surface area contributed by atoms with E-state index in [1.54, 1.807) is 0 Å². The van der Waals surface area contributed by atoms with Crippen LogP contribution < -0.4 is 5.32 Å². The van der Waals surface area contributed by atoms with E-state index in [4.69, 9.17) is 0 Å². The molecule has 0 radical (unpaired) electrons. The van der Waals surface area contributed by atoms with Gasteiger partial charge in [0.15, 0.2) is 0 Å². The predicted octanol–water partition coefficient (Wildman–Crippen LogP) is 1.54. The largest absolute Gasteiger partial charge is 0.317 e. The van der Waals surface area contributed by atoms with Crippen molar-refractivity contribution >= 4 is 0 Å². The molecule has 0 spiro atoms. The molecule has 0 aromatic rings. The standard InChI is InChI=1S/C15H29N3/c1-16-13-8-14-5-6-15(9-13)18(14)11-12-4-3-7-17(2)10-12/h12-16H,3-11H2,1-2H3.